The topological polar surface area (TPSA) is 20.2 Å². The number of fused-ring (bicyclic) bond motifs is 5. The van der Waals surface area contributed by atoms with Crippen molar-refractivity contribution in [2.75, 3.05) is 0 Å². The summed E-state index contributed by atoms with van der Waals surface area (Å²) in [5.41, 5.74) is 0.718. The molecule has 4 rings (SSSR count). The van der Waals surface area contributed by atoms with E-state index in [0.29, 0.717) is 10.8 Å². The molecule has 0 radical (unpaired) electrons. The molecule has 4 saturated carbocycles. The number of hydrogen-bond donors (Lipinski definition) is 1. The number of hydrogen-bond acceptors (Lipinski definition) is 1. The molecule has 29 heavy (non-hydrogen) atoms. The van der Waals surface area contributed by atoms with E-state index in [1.807, 2.05) is 0 Å². The average molecular weight is 403 g/mol. The molecule has 0 unspecified atom stereocenters. The second-order valence-corrected chi connectivity index (χ2v) is 13.2. The van der Waals surface area contributed by atoms with Crippen LogP contribution in [0.1, 0.15) is 119 Å². The summed E-state index contributed by atoms with van der Waals surface area (Å²) in [4.78, 5) is 0. The molecule has 10 atom stereocenters. The van der Waals surface area contributed by atoms with Gasteiger partial charge in [-0.25, -0.2) is 0 Å². The van der Waals surface area contributed by atoms with Crippen LogP contribution in [0.5, 0.6) is 0 Å². The van der Waals surface area contributed by atoms with Gasteiger partial charge in [-0.3, -0.25) is 0 Å². The van der Waals surface area contributed by atoms with E-state index in [1.54, 1.807) is 0 Å². The molecule has 4 aliphatic rings. The lowest BCUT2D eigenvalue weighted by Crippen LogP contribution is -2.55. The van der Waals surface area contributed by atoms with Crippen LogP contribution in [-0.2, 0) is 0 Å². The Bertz CT molecular complexity index is 581. The Balaban J connectivity index is 1.48. The maximum atomic E-state index is 10.7. The van der Waals surface area contributed by atoms with Crippen LogP contribution in [0.4, 0.5) is 0 Å². The van der Waals surface area contributed by atoms with E-state index in [2.05, 4.69) is 41.5 Å². The Labute approximate surface area is 181 Å². The van der Waals surface area contributed by atoms with E-state index in [4.69, 9.17) is 0 Å². The van der Waals surface area contributed by atoms with Crippen molar-refractivity contribution in [1.82, 2.24) is 0 Å². The lowest BCUT2D eigenvalue weighted by atomic mass is 9.43. The van der Waals surface area contributed by atoms with Crippen LogP contribution in [0, 0.1) is 52.3 Å². The van der Waals surface area contributed by atoms with Crippen LogP contribution < -0.4 is 0 Å². The van der Waals surface area contributed by atoms with Gasteiger partial charge in [0.05, 0.1) is 5.60 Å². The maximum absolute atomic E-state index is 10.7. The lowest BCUT2D eigenvalue weighted by molar-refractivity contribution is -0.148. The van der Waals surface area contributed by atoms with Crippen LogP contribution in [0.2, 0.25) is 0 Å². The first kappa shape index (κ1) is 22.2. The highest BCUT2D eigenvalue weighted by Crippen LogP contribution is 2.68. The minimum atomic E-state index is -0.399. The van der Waals surface area contributed by atoms with Crippen LogP contribution >= 0.6 is 0 Å². The van der Waals surface area contributed by atoms with Gasteiger partial charge in [-0.15, -0.1) is 0 Å². The van der Waals surface area contributed by atoms with Gasteiger partial charge in [0.15, 0.2) is 0 Å². The predicted molar refractivity (Wildman–Crippen MR) is 124 cm³/mol. The minimum absolute atomic E-state index is 0.399. The van der Waals surface area contributed by atoms with E-state index >= 15 is 0 Å². The largest absolute Gasteiger partial charge is 0.390 e. The first-order valence-corrected chi connectivity index (χ1v) is 13.3. The van der Waals surface area contributed by atoms with E-state index in [1.165, 1.54) is 64.2 Å². The summed E-state index contributed by atoms with van der Waals surface area (Å²) < 4.78 is 0. The first-order valence-electron chi connectivity index (χ1n) is 13.3. The molecule has 4 aliphatic carbocycles. The van der Waals surface area contributed by atoms with E-state index in [-0.39, 0.29) is 0 Å². The van der Waals surface area contributed by atoms with Gasteiger partial charge in [0.25, 0.3) is 0 Å². The smallest absolute Gasteiger partial charge is 0.0622 e. The molecule has 1 N–H and O–H groups in total. The third kappa shape index (κ3) is 3.74. The van der Waals surface area contributed by atoms with Crippen molar-refractivity contribution in [2.24, 2.45) is 52.3 Å². The normalized spacial score (nSPS) is 51.6. The molecular weight excluding hydrogens is 352 g/mol. The first-order chi connectivity index (χ1) is 13.6. The quantitative estimate of drug-likeness (QED) is 0.496. The van der Waals surface area contributed by atoms with Crippen molar-refractivity contribution in [3.05, 3.63) is 0 Å². The molecular formula is C28H50O. The van der Waals surface area contributed by atoms with Gasteiger partial charge in [-0.05, 0) is 117 Å². The van der Waals surface area contributed by atoms with Gasteiger partial charge in [-0.1, -0.05) is 53.9 Å². The second-order valence-electron chi connectivity index (χ2n) is 13.2. The number of aliphatic hydroxyl groups is 1. The van der Waals surface area contributed by atoms with Gasteiger partial charge < -0.3 is 5.11 Å². The van der Waals surface area contributed by atoms with Crippen molar-refractivity contribution in [2.45, 2.75) is 124 Å². The zero-order valence-electron chi connectivity index (χ0n) is 20.5. The fraction of sp³-hybridized carbons (Fsp3) is 1.00. The van der Waals surface area contributed by atoms with Crippen molar-refractivity contribution in [1.29, 1.82) is 0 Å². The van der Waals surface area contributed by atoms with Crippen LogP contribution in [0.15, 0.2) is 0 Å². The summed E-state index contributed by atoms with van der Waals surface area (Å²) in [7, 11) is 0. The third-order valence-corrected chi connectivity index (χ3v) is 11.5. The molecule has 0 spiro atoms. The van der Waals surface area contributed by atoms with Gasteiger partial charge in [0, 0.05) is 0 Å². The third-order valence-electron chi connectivity index (χ3n) is 11.5. The minimum Gasteiger partial charge on any atom is -0.390 e. The Morgan fingerprint density at radius 1 is 0.828 bits per heavy atom. The molecule has 168 valence electrons. The summed E-state index contributed by atoms with van der Waals surface area (Å²) in [5, 5.41) is 10.7. The summed E-state index contributed by atoms with van der Waals surface area (Å²) in [6.07, 6.45) is 16.4. The molecule has 0 heterocycles. The molecule has 4 fully saturated rings. The maximum Gasteiger partial charge on any atom is 0.0622 e. The molecule has 1 nitrogen and oxygen atoms in total. The summed E-state index contributed by atoms with van der Waals surface area (Å²) >= 11 is 0. The average Bonchev–Trinajstić information content (AvgIpc) is 3.03. The Morgan fingerprint density at radius 2 is 1.55 bits per heavy atom. The molecule has 0 aromatic heterocycles. The van der Waals surface area contributed by atoms with Gasteiger partial charge in [0.2, 0.25) is 0 Å². The Hall–Kier alpha value is -0.0400. The molecule has 0 bridgehead atoms. The van der Waals surface area contributed by atoms with Gasteiger partial charge in [-0.2, -0.15) is 0 Å². The highest BCUT2D eigenvalue weighted by atomic mass is 16.3. The highest BCUT2D eigenvalue weighted by Gasteiger charge is 2.61. The molecule has 0 aromatic rings. The summed E-state index contributed by atoms with van der Waals surface area (Å²) in [6.45, 7) is 14.8. The van der Waals surface area contributed by atoms with E-state index < -0.39 is 5.60 Å². The molecule has 0 aliphatic heterocycles. The zero-order valence-corrected chi connectivity index (χ0v) is 20.5. The number of rotatable bonds is 5. The Kier molecular flexibility index (Phi) is 5.98. The van der Waals surface area contributed by atoms with Crippen LogP contribution in [-0.4, -0.2) is 10.7 Å². The lowest BCUT2D eigenvalue weighted by Gasteiger charge is -2.62. The molecule has 0 saturated heterocycles. The van der Waals surface area contributed by atoms with Crippen molar-refractivity contribution in [3.63, 3.8) is 0 Å². The standard InChI is InChI=1S/C28H50O/c1-7-19(2)8-9-20(3)23-12-13-24-22-11-10-21-18-26(4,29)16-17-27(21,5)25(22)14-15-28(23,24)6/h19-25,29H,7-18H2,1-6H3/t19-,20+,21-,22-,23+,24-,25-,26-,27-,28+/m0/s1. The van der Waals surface area contributed by atoms with E-state index in [0.717, 1.165) is 54.3 Å². The summed E-state index contributed by atoms with van der Waals surface area (Å²) in [6, 6.07) is 0. The van der Waals surface area contributed by atoms with Crippen molar-refractivity contribution >= 4 is 0 Å². The molecule has 1 heteroatoms. The van der Waals surface area contributed by atoms with Gasteiger partial charge in [0.1, 0.15) is 0 Å². The summed E-state index contributed by atoms with van der Waals surface area (Å²) in [5.74, 6) is 6.44. The fourth-order valence-corrected chi connectivity index (χ4v) is 9.36. The Morgan fingerprint density at radius 3 is 2.28 bits per heavy atom. The SMILES string of the molecule is CC[C@H](C)CC[C@@H](C)[C@H]1CC[C@H]2[C@@H]3CC[C@H]4C[C@@](C)(O)CC[C@]4(C)[C@H]3CC[C@]12C. The van der Waals surface area contributed by atoms with Gasteiger partial charge >= 0.3 is 0 Å². The van der Waals surface area contributed by atoms with Crippen molar-refractivity contribution < 1.29 is 5.11 Å². The van der Waals surface area contributed by atoms with Crippen LogP contribution in [0.25, 0.3) is 0 Å². The molecule has 0 amide bonds. The highest BCUT2D eigenvalue weighted by molar-refractivity contribution is 5.10. The van der Waals surface area contributed by atoms with Crippen molar-refractivity contribution in [3.8, 4) is 0 Å². The second kappa shape index (κ2) is 7.83. The molecule has 0 aromatic carbocycles. The zero-order chi connectivity index (χ0) is 21.0. The van der Waals surface area contributed by atoms with Crippen LogP contribution in [0.3, 0.4) is 0 Å². The monoisotopic (exact) mass is 402 g/mol. The fourth-order valence-electron chi connectivity index (χ4n) is 9.36. The van der Waals surface area contributed by atoms with E-state index in [9.17, 15) is 5.11 Å². The predicted octanol–water partition coefficient (Wildman–Crippen LogP) is 7.86.